The maximum absolute atomic E-state index is 12.7. The van der Waals surface area contributed by atoms with E-state index in [0.717, 1.165) is 31.3 Å². The van der Waals surface area contributed by atoms with E-state index in [4.69, 9.17) is 25.8 Å². The van der Waals surface area contributed by atoms with Gasteiger partial charge in [0.25, 0.3) is 0 Å². The van der Waals surface area contributed by atoms with Crippen LogP contribution >= 0.6 is 0 Å². The maximum atomic E-state index is 12.7. The van der Waals surface area contributed by atoms with Crippen LogP contribution in [0.1, 0.15) is 329 Å². The Kier molecular flexibility index (Phi) is 157. The van der Waals surface area contributed by atoms with Gasteiger partial charge in [-0.15, -0.1) is 0 Å². The Bertz CT molecular complexity index is 738. The molecule has 7 heteroatoms. The Morgan fingerprint density at radius 2 is 0.833 bits per heavy atom. The number of hydrogen-bond acceptors (Lipinski definition) is 7. The van der Waals surface area contributed by atoms with Gasteiger partial charge in [-0.05, 0) is 39.0 Å². The van der Waals surface area contributed by atoms with Crippen molar-refractivity contribution in [2.45, 2.75) is 341 Å². The molecule has 416 valence electrons. The van der Waals surface area contributed by atoms with Crippen molar-refractivity contribution in [1.82, 2.24) is 0 Å². The standard InChI is InChI=1S/C31H52O3.2C3H8.11C2H6.2H2O2/c1-4-5-6-7-8-9-10-11-12-13-14-15-16-17-18-19-26-25-22-23-31(3)27(32)21-20-24(2)28(31)29(25)34-30(26)33;2*1-3-2;13*1-2/h19-20,25,27-29,32H,4-18,21-23H2,1-3H3;2*3H2,1-2H3;11*1-2H3;2*1-2H/b26-19-;;;;;;;;;;;;;;;/t25-,27+,28+,29-,31-;;;;;;;;;;;;;;;/m1.............../s1. The number of esters is 1. The lowest BCUT2D eigenvalue weighted by Crippen LogP contribution is -2.52. The minimum atomic E-state index is -0.329. The van der Waals surface area contributed by atoms with E-state index in [2.05, 4.69) is 60.6 Å². The summed E-state index contributed by atoms with van der Waals surface area (Å²) in [7, 11) is 0. The molecule has 0 aromatic rings. The highest BCUT2D eigenvalue weighted by Crippen LogP contribution is 2.56. The Labute approximate surface area is 422 Å². The first-order valence-corrected chi connectivity index (χ1v) is 29.0. The fraction of sp³-hybridized carbons (Fsp3) is 0.915. The molecule has 1 saturated heterocycles. The molecule has 0 spiro atoms. The van der Waals surface area contributed by atoms with E-state index in [0.29, 0.717) is 0 Å². The summed E-state index contributed by atoms with van der Waals surface area (Å²) < 4.78 is 5.95. The van der Waals surface area contributed by atoms with Crippen molar-refractivity contribution < 1.29 is 35.7 Å². The molecule has 5 N–H and O–H groups in total. The molecule has 0 aromatic heterocycles. The topological polar surface area (TPSA) is 127 Å². The van der Waals surface area contributed by atoms with Crippen molar-refractivity contribution in [2.75, 3.05) is 0 Å². The number of carbonyl (C=O) groups is 1. The van der Waals surface area contributed by atoms with E-state index in [-0.39, 0.29) is 35.4 Å². The molecule has 66 heavy (non-hydrogen) atoms. The molecule has 5 atom stereocenters. The molecule has 0 amide bonds. The van der Waals surface area contributed by atoms with Gasteiger partial charge in [-0.2, -0.15) is 0 Å². The Hall–Kier alpha value is -1.25. The summed E-state index contributed by atoms with van der Waals surface area (Å²) in [5.41, 5.74) is 2.06. The summed E-state index contributed by atoms with van der Waals surface area (Å²) in [6.45, 7) is 59.1. The van der Waals surface area contributed by atoms with Crippen LogP contribution in [-0.2, 0) is 9.53 Å². The second-order valence-corrected chi connectivity index (χ2v) is 13.2. The van der Waals surface area contributed by atoms with Gasteiger partial charge < -0.3 is 9.84 Å². The lowest BCUT2D eigenvalue weighted by atomic mass is 9.55. The van der Waals surface area contributed by atoms with E-state index in [9.17, 15) is 9.90 Å². The lowest BCUT2D eigenvalue weighted by molar-refractivity contribution is -0.176. The van der Waals surface area contributed by atoms with E-state index < -0.39 is 0 Å². The van der Waals surface area contributed by atoms with Gasteiger partial charge in [0.05, 0.1) is 6.10 Å². The second-order valence-electron chi connectivity index (χ2n) is 13.2. The van der Waals surface area contributed by atoms with Gasteiger partial charge in [-0.25, -0.2) is 4.79 Å². The number of aliphatic hydroxyl groups excluding tert-OH is 1. The summed E-state index contributed by atoms with van der Waals surface area (Å²) in [6, 6.07) is 0. The summed E-state index contributed by atoms with van der Waals surface area (Å²) >= 11 is 0. The van der Waals surface area contributed by atoms with Crippen molar-refractivity contribution in [1.29, 1.82) is 0 Å². The van der Waals surface area contributed by atoms with Crippen LogP contribution < -0.4 is 0 Å². The molecule has 1 saturated carbocycles. The van der Waals surface area contributed by atoms with Crippen LogP contribution in [0.4, 0.5) is 0 Å². The number of fused-ring (bicyclic) bond motifs is 3. The van der Waals surface area contributed by atoms with E-state index in [1.807, 2.05) is 152 Å². The van der Waals surface area contributed by atoms with Gasteiger partial charge >= 0.3 is 5.97 Å². The number of hydrogen-bond donors (Lipinski definition) is 5. The predicted molar refractivity (Wildman–Crippen MR) is 309 cm³/mol. The van der Waals surface area contributed by atoms with Crippen molar-refractivity contribution in [3.05, 3.63) is 23.3 Å². The second kappa shape index (κ2) is 106. The van der Waals surface area contributed by atoms with Crippen LogP contribution in [0.3, 0.4) is 0 Å². The van der Waals surface area contributed by atoms with Crippen LogP contribution in [0.25, 0.3) is 0 Å². The van der Waals surface area contributed by atoms with Crippen LogP contribution in [-0.4, -0.2) is 44.3 Å². The van der Waals surface area contributed by atoms with Crippen molar-refractivity contribution in [2.24, 2.45) is 17.3 Å². The average molecular weight is 960 g/mol. The number of carbonyl (C=O) groups excluding carboxylic acids is 1. The summed E-state index contributed by atoms with van der Waals surface area (Å²) in [4.78, 5) is 12.7. The molecule has 2 fully saturated rings. The third kappa shape index (κ3) is 60.8. The van der Waals surface area contributed by atoms with Gasteiger partial charge in [0.1, 0.15) is 6.10 Å². The molecule has 0 unspecified atom stereocenters. The summed E-state index contributed by atoms with van der Waals surface area (Å²) in [5, 5.41) is 34.7. The number of unbranched alkanes of at least 4 members (excludes halogenated alkanes) is 14. The molecule has 1 heterocycles. The lowest BCUT2D eigenvalue weighted by Gasteiger charge is -2.51. The summed E-state index contributed by atoms with van der Waals surface area (Å²) in [5.74, 6) is 0.272. The maximum Gasteiger partial charge on any atom is 0.334 e. The van der Waals surface area contributed by atoms with Gasteiger partial charge in [0.15, 0.2) is 0 Å². The number of ether oxygens (including phenoxy) is 1. The van der Waals surface area contributed by atoms with Gasteiger partial charge in [0, 0.05) is 22.8 Å². The van der Waals surface area contributed by atoms with Crippen LogP contribution in [0.2, 0.25) is 0 Å². The normalized spacial score (nSPS) is 18.1. The first-order chi connectivity index (χ1) is 32.3. The SMILES string of the molecule is CC.CC.CC.CC.CC.CC.CC.CC.CC.CC.CC.CCC.CCC.CCCCCCCCCCCCCCCC/C=C1\C(=O)O[C@@H]2[C@@H]1CC[C@]1(C)[C@@H](O)CC=C(C)[C@@H]21.OO.OO. The molecule has 1 aliphatic heterocycles. The monoisotopic (exact) mass is 959 g/mol. The van der Waals surface area contributed by atoms with Crippen LogP contribution in [0, 0.1) is 17.3 Å². The highest BCUT2D eigenvalue weighted by molar-refractivity contribution is 5.91. The molecule has 0 aromatic carbocycles. The molecule has 2 aliphatic carbocycles. The Balaban J connectivity index is -0.0000000671. The predicted octanol–water partition coefficient (Wildman–Crippen LogP) is 22.6. The first-order valence-electron chi connectivity index (χ1n) is 29.0. The zero-order chi connectivity index (χ0) is 55.8. The molecule has 3 rings (SSSR count). The Morgan fingerprint density at radius 1 is 0.545 bits per heavy atom. The smallest absolute Gasteiger partial charge is 0.334 e. The van der Waals surface area contributed by atoms with Crippen LogP contribution in [0.15, 0.2) is 23.3 Å². The van der Waals surface area contributed by atoms with Gasteiger partial charge in [-0.1, -0.05) is 308 Å². The molecule has 3 aliphatic rings. The largest absolute Gasteiger partial charge is 0.458 e. The molecule has 7 nitrogen and oxygen atoms in total. The Morgan fingerprint density at radius 3 is 1.14 bits per heavy atom. The minimum Gasteiger partial charge on any atom is -0.458 e. The van der Waals surface area contributed by atoms with E-state index in [1.165, 1.54) is 108 Å². The zero-order valence-corrected chi connectivity index (χ0v) is 51.7. The highest BCUT2D eigenvalue weighted by atomic mass is 17.0. The number of rotatable bonds is 15. The van der Waals surface area contributed by atoms with Crippen molar-refractivity contribution in [3.63, 3.8) is 0 Å². The molecular formula is C59H138O7. The summed E-state index contributed by atoms with van der Waals surface area (Å²) in [6.07, 6.45) is 29.3. The number of aliphatic hydroxyl groups is 1. The first kappa shape index (κ1) is 98.3. The zero-order valence-electron chi connectivity index (χ0n) is 51.7. The fourth-order valence-electron chi connectivity index (χ4n) is 6.90. The van der Waals surface area contributed by atoms with E-state index >= 15 is 0 Å². The van der Waals surface area contributed by atoms with Crippen molar-refractivity contribution >= 4 is 5.97 Å². The third-order valence-corrected chi connectivity index (χ3v) is 9.14. The molecule has 0 bridgehead atoms. The van der Waals surface area contributed by atoms with Crippen LogP contribution in [0.5, 0.6) is 0 Å². The minimum absolute atomic E-state index is 0.0833. The number of allylic oxidation sites excluding steroid dienone is 1. The molecule has 0 radical (unpaired) electrons. The highest BCUT2D eigenvalue weighted by Gasteiger charge is 2.57. The van der Waals surface area contributed by atoms with Crippen molar-refractivity contribution in [3.8, 4) is 0 Å². The molecular weight excluding hydrogens is 821 g/mol. The quantitative estimate of drug-likeness (QED) is 0.0276. The fourth-order valence-corrected chi connectivity index (χ4v) is 6.90. The van der Waals surface area contributed by atoms with Gasteiger partial charge in [-0.3, -0.25) is 21.0 Å². The van der Waals surface area contributed by atoms with E-state index in [1.54, 1.807) is 0 Å². The third-order valence-electron chi connectivity index (χ3n) is 9.14. The average Bonchev–Trinajstić information content (AvgIpc) is 3.73. The van der Waals surface area contributed by atoms with Gasteiger partial charge in [0.2, 0.25) is 0 Å².